The third-order valence-corrected chi connectivity index (χ3v) is 6.46. The second-order valence-electron chi connectivity index (χ2n) is 9.18. The molecule has 0 bridgehead atoms. The van der Waals surface area contributed by atoms with Gasteiger partial charge in [0.25, 0.3) is 0 Å². The molecule has 4 heterocycles. The third-order valence-electron chi connectivity index (χ3n) is 6.46. The fourth-order valence-electron chi connectivity index (χ4n) is 4.54. The van der Waals surface area contributed by atoms with Gasteiger partial charge in [0.2, 0.25) is 11.8 Å². The van der Waals surface area contributed by atoms with E-state index < -0.39 is 6.04 Å². The molecule has 3 aromatic rings. The number of aromatic nitrogens is 6. The van der Waals surface area contributed by atoms with E-state index in [2.05, 4.69) is 25.3 Å². The zero-order valence-electron chi connectivity index (χ0n) is 19.9. The Morgan fingerprint density at radius 1 is 1.15 bits per heavy atom. The summed E-state index contributed by atoms with van der Waals surface area (Å²) in [7, 11) is 3.45. The number of aryl methyl sites for hydroxylation is 2. The van der Waals surface area contributed by atoms with E-state index in [0.717, 1.165) is 24.2 Å². The summed E-state index contributed by atoms with van der Waals surface area (Å²) in [6.45, 7) is 5.00. The minimum absolute atomic E-state index is 0.0527. The lowest BCUT2D eigenvalue weighted by atomic mass is 10.1. The molecule has 2 unspecified atom stereocenters. The van der Waals surface area contributed by atoms with Crippen molar-refractivity contribution in [3.63, 3.8) is 0 Å². The smallest absolute Gasteiger partial charge is 0.244 e. The van der Waals surface area contributed by atoms with Crippen LogP contribution >= 0.6 is 0 Å². The number of nitrogens with one attached hydrogen (secondary N) is 1. The van der Waals surface area contributed by atoms with Crippen LogP contribution in [0.5, 0.6) is 0 Å². The number of anilines is 1. The zero-order chi connectivity index (χ0) is 24.0. The Morgan fingerprint density at radius 3 is 2.53 bits per heavy atom. The van der Waals surface area contributed by atoms with Crippen molar-refractivity contribution in [3.8, 4) is 11.4 Å². The highest BCUT2D eigenvalue weighted by Crippen LogP contribution is 2.35. The van der Waals surface area contributed by atoms with Gasteiger partial charge in [0, 0.05) is 51.5 Å². The zero-order valence-corrected chi connectivity index (χ0v) is 19.9. The summed E-state index contributed by atoms with van der Waals surface area (Å²) >= 11 is 0. The van der Waals surface area contributed by atoms with Crippen LogP contribution in [0.3, 0.4) is 0 Å². The first-order chi connectivity index (χ1) is 16.4. The number of fused-ring (bicyclic) bond motifs is 1. The molecule has 1 aliphatic carbocycles. The van der Waals surface area contributed by atoms with Crippen molar-refractivity contribution >= 4 is 28.8 Å². The molecule has 5 rings (SSSR count). The van der Waals surface area contributed by atoms with E-state index in [4.69, 9.17) is 4.98 Å². The second kappa shape index (κ2) is 8.62. The second-order valence-corrected chi connectivity index (χ2v) is 9.18. The minimum Gasteiger partial charge on any atom is -0.363 e. The molecule has 1 saturated carbocycles. The van der Waals surface area contributed by atoms with Crippen LogP contribution in [-0.4, -0.2) is 83.8 Å². The Balaban J connectivity index is 1.46. The van der Waals surface area contributed by atoms with Crippen LogP contribution in [0.1, 0.15) is 32.0 Å². The lowest BCUT2D eigenvalue weighted by molar-refractivity contribution is -0.143. The number of rotatable bonds is 6. The molecule has 0 radical (unpaired) electrons. The highest BCUT2D eigenvalue weighted by atomic mass is 16.2. The number of amides is 2. The molecule has 1 saturated heterocycles. The average Bonchev–Trinajstić information content (AvgIpc) is 3.49. The van der Waals surface area contributed by atoms with Crippen LogP contribution in [0.25, 0.3) is 22.6 Å². The van der Waals surface area contributed by atoms with E-state index in [9.17, 15) is 9.59 Å². The van der Waals surface area contributed by atoms with Crippen molar-refractivity contribution < 1.29 is 9.59 Å². The monoisotopic (exact) mass is 463 g/mol. The molecule has 0 aromatic carbocycles. The molecule has 178 valence electrons. The van der Waals surface area contributed by atoms with Crippen LogP contribution in [0, 0.1) is 12.8 Å². The highest BCUT2D eigenvalue weighted by Gasteiger charge is 2.44. The fraction of sp³-hybridized carbons (Fsp3) is 0.522. The van der Waals surface area contributed by atoms with Gasteiger partial charge in [-0.25, -0.2) is 24.9 Å². The summed E-state index contributed by atoms with van der Waals surface area (Å²) in [6.07, 6.45) is 7.36. The number of likely N-dealkylation sites (N-methyl/N-ethyl adjacent to an activating group) is 1. The van der Waals surface area contributed by atoms with Gasteiger partial charge in [-0.1, -0.05) is 0 Å². The fourth-order valence-corrected chi connectivity index (χ4v) is 4.54. The van der Waals surface area contributed by atoms with E-state index in [0.29, 0.717) is 42.3 Å². The SMILES string of the molecule is CCn1c(-c2cnc(C)nc2)nc2c(NC3CC(C(=O)N(C)C)N(C(=O)C4CC4)C3)ncnc21. The predicted molar refractivity (Wildman–Crippen MR) is 126 cm³/mol. The number of carbonyl (C=O) groups excluding carboxylic acids is 2. The number of nitrogens with zero attached hydrogens (tertiary/aromatic N) is 8. The van der Waals surface area contributed by atoms with Crippen molar-refractivity contribution in [2.45, 2.75) is 51.7 Å². The van der Waals surface area contributed by atoms with Crippen molar-refractivity contribution in [2.24, 2.45) is 5.92 Å². The van der Waals surface area contributed by atoms with Gasteiger partial charge >= 0.3 is 0 Å². The molecule has 2 fully saturated rings. The summed E-state index contributed by atoms with van der Waals surface area (Å²) in [4.78, 5) is 51.4. The molecule has 2 atom stereocenters. The van der Waals surface area contributed by atoms with Gasteiger partial charge in [-0.15, -0.1) is 0 Å². The topological polar surface area (TPSA) is 122 Å². The van der Waals surface area contributed by atoms with Gasteiger partial charge in [-0.3, -0.25) is 9.59 Å². The van der Waals surface area contributed by atoms with E-state index in [1.807, 2.05) is 18.4 Å². The lowest BCUT2D eigenvalue weighted by Gasteiger charge is -2.26. The first-order valence-corrected chi connectivity index (χ1v) is 11.7. The lowest BCUT2D eigenvalue weighted by Crippen LogP contribution is -2.46. The molecular weight excluding hydrogens is 434 g/mol. The summed E-state index contributed by atoms with van der Waals surface area (Å²) in [5.74, 6) is 2.09. The largest absolute Gasteiger partial charge is 0.363 e. The minimum atomic E-state index is -0.466. The van der Waals surface area contributed by atoms with E-state index in [1.54, 1.807) is 36.3 Å². The Hall–Kier alpha value is -3.63. The van der Waals surface area contributed by atoms with Crippen molar-refractivity contribution in [2.75, 3.05) is 26.0 Å². The maximum absolute atomic E-state index is 12.9. The molecule has 0 spiro atoms. The van der Waals surface area contributed by atoms with Gasteiger partial charge in [0.15, 0.2) is 17.0 Å². The summed E-state index contributed by atoms with van der Waals surface area (Å²) < 4.78 is 2.01. The molecule has 34 heavy (non-hydrogen) atoms. The number of imidazole rings is 1. The van der Waals surface area contributed by atoms with Gasteiger partial charge < -0.3 is 19.7 Å². The van der Waals surface area contributed by atoms with Crippen molar-refractivity contribution in [1.82, 2.24) is 39.3 Å². The van der Waals surface area contributed by atoms with E-state index in [1.165, 1.54) is 6.33 Å². The number of hydrogen-bond donors (Lipinski definition) is 1. The van der Waals surface area contributed by atoms with Gasteiger partial charge in [-0.2, -0.15) is 0 Å². The maximum Gasteiger partial charge on any atom is 0.244 e. The first-order valence-electron chi connectivity index (χ1n) is 11.7. The molecular formula is C23H29N9O2. The van der Waals surface area contributed by atoms with Crippen LogP contribution in [0.2, 0.25) is 0 Å². The number of carbonyl (C=O) groups is 2. The summed E-state index contributed by atoms with van der Waals surface area (Å²) in [5.41, 5.74) is 2.15. The first kappa shape index (κ1) is 22.2. The van der Waals surface area contributed by atoms with Gasteiger partial charge in [0.05, 0.1) is 5.56 Å². The maximum atomic E-state index is 12.9. The molecule has 3 aromatic heterocycles. The normalized spacial score (nSPS) is 20.1. The molecule has 1 aliphatic heterocycles. The Bertz CT molecular complexity index is 1210. The molecule has 1 N–H and O–H groups in total. The summed E-state index contributed by atoms with van der Waals surface area (Å²) in [5, 5.41) is 3.45. The summed E-state index contributed by atoms with van der Waals surface area (Å²) in [6, 6.07) is -0.584. The van der Waals surface area contributed by atoms with Crippen LogP contribution in [-0.2, 0) is 16.1 Å². The Labute approximate surface area is 197 Å². The van der Waals surface area contributed by atoms with E-state index in [-0.39, 0.29) is 23.8 Å². The van der Waals surface area contributed by atoms with Gasteiger partial charge in [0.1, 0.15) is 24.0 Å². The van der Waals surface area contributed by atoms with Crippen molar-refractivity contribution in [1.29, 1.82) is 0 Å². The molecule has 2 aliphatic rings. The quantitative estimate of drug-likeness (QED) is 0.584. The molecule has 2 amide bonds. The standard InChI is InChI=1S/C23H29N9O2/c1-5-31-20(15-9-24-13(2)25-10-15)29-18-19(26-12-27-21(18)31)28-16-8-17(23(34)30(3)4)32(11-16)22(33)14-6-7-14/h9-10,12,14,16-17H,5-8,11H2,1-4H3,(H,26,27,28). The average molecular weight is 464 g/mol. The number of hydrogen-bond acceptors (Lipinski definition) is 8. The Morgan fingerprint density at radius 2 is 1.88 bits per heavy atom. The van der Waals surface area contributed by atoms with Crippen LogP contribution in [0.4, 0.5) is 5.82 Å². The third kappa shape index (κ3) is 3.95. The molecule has 11 heteroatoms. The van der Waals surface area contributed by atoms with Crippen LogP contribution < -0.4 is 5.32 Å². The highest BCUT2D eigenvalue weighted by molar-refractivity contribution is 5.90. The predicted octanol–water partition coefficient (Wildman–Crippen LogP) is 1.49. The van der Waals surface area contributed by atoms with Gasteiger partial charge in [-0.05, 0) is 33.1 Å². The molecule has 11 nitrogen and oxygen atoms in total. The van der Waals surface area contributed by atoms with Crippen LogP contribution in [0.15, 0.2) is 18.7 Å². The van der Waals surface area contributed by atoms with Crippen molar-refractivity contribution in [3.05, 3.63) is 24.5 Å². The Kier molecular flexibility index (Phi) is 5.62. The van der Waals surface area contributed by atoms with E-state index >= 15 is 0 Å². The number of likely N-dealkylation sites (tertiary alicyclic amines) is 1.